The van der Waals surface area contributed by atoms with Gasteiger partial charge in [-0.25, -0.2) is 0 Å². The average molecular weight is 258 g/mol. The molecule has 0 aromatic carbocycles. The van der Waals surface area contributed by atoms with Gasteiger partial charge in [-0.15, -0.1) is 11.3 Å². The molecule has 16 heavy (non-hydrogen) atoms. The van der Waals surface area contributed by atoms with Crippen molar-refractivity contribution in [2.24, 2.45) is 0 Å². The Labute approximate surface area is 107 Å². The van der Waals surface area contributed by atoms with E-state index in [1.54, 1.807) is 11.3 Å². The van der Waals surface area contributed by atoms with Crippen molar-refractivity contribution in [3.05, 3.63) is 21.3 Å². The minimum atomic E-state index is 0.869. The Balaban J connectivity index is 1.42. The van der Waals surface area contributed by atoms with Gasteiger partial charge in [0, 0.05) is 10.9 Å². The molecule has 0 saturated heterocycles. The molecule has 1 aliphatic rings. The molecule has 1 N–H and O–H groups in total. The Kier molecular flexibility index (Phi) is 5.14. The number of nitrogens with one attached hydrogen (secondary N) is 1. The topological polar surface area (TPSA) is 12.0 Å². The van der Waals surface area contributed by atoms with E-state index >= 15 is 0 Å². The predicted octanol–water partition coefficient (Wildman–Crippen LogP) is 4.26. The SMILES string of the molecule is Clc1ccc(CCCCCCNC2CC2)s1. The molecule has 1 aliphatic carbocycles. The minimum Gasteiger partial charge on any atom is -0.314 e. The van der Waals surface area contributed by atoms with Gasteiger partial charge in [-0.1, -0.05) is 24.4 Å². The fraction of sp³-hybridized carbons (Fsp3) is 0.692. The van der Waals surface area contributed by atoms with E-state index < -0.39 is 0 Å². The van der Waals surface area contributed by atoms with E-state index in [0.717, 1.165) is 10.4 Å². The highest BCUT2D eigenvalue weighted by Gasteiger charge is 2.19. The molecule has 1 aromatic rings. The lowest BCUT2D eigenvalue weighted by molar-refractivity contribution is 0.586. The summed E-state index contributed by atoms with van der Waals surface area (Å²) in [6.07, 6.45) is 9.36. The summed E-state index contributed by atoms with van der Waals surface area (Å²) in [4.78, 5) is 1.43. The molecule has 1 nitrogen and oxygen atoms in total. The molecule has 1 heterocycles. The fourth-order valence-electron chi connectivity index (χ4n) is 1.86. The van der Waals surface area contributed by atoms with Crippen LogP contribution in [-0.4, -0.2) is 12.6 Å². The molecule has 90 valence electrons. The van der Waals surface area contributed by atoms with Gasteiger partial charge in [0.25, 0.3) is 0 Å². The zero-order chi connectivity index (χ0) is 11.2. The van der Waals surface area contributed by atoms with Crippen LogP contribution in [0.2, 0.25) is 4.34 Å². The zero-order valence-corrected chi connectivity index (χ0v) is 11.2. The van der Waals surface area contributed by atoms with Crippen molar-refractivity contribution in [1.82, 2.24) is 5.32 Å². The molecule has 1 saturated carbocycles. The van der Waals surface area contributed by atoms with Gasteiger partial charge >= 0.3 is 0 Å². The van der Waals surface area contributed by atoms with Gasteiger partial charge in [-0.3, -0.25) is 0 Å². The number of rotatable bonds is 8. The molecular weight excluding hydrogens is 238 g/mol. The molecule has 0 aliphatic heterocycles. The first kappa shape index (κ1) is 12.4. The molecule has 0 unspecified atom stereocenters. The van der Waals surface area contributed by atoms with E-state index in [2.05, 4.69) is 11.4 Å². The fourth-order valence-corrected chi connectivity index (χ4v) is 2.99. The van der Waals surface area contributed by atoms with Crippen LogP contribution >= 0.6 is 22.9 Å². The van der Waals surface area contributed by atoms with Crippen molar-refractivity contribution in [3.8, 4) is 0 Å². The van der Waals surface area contributed by atoms with Crippen LogP contribution in [-0.2, 0) is 6.42 Å². The molecule has 2 rings (SSSR count). The van der Waals surface area contributed by atoms with Crippen molar-refractivity contribution in [1.29, 1.82) is 0 Å². The van der Waals surface area contributed by atoms with Crippen molar-refractivity contribution >= 4 is 22.9 Å². The molecule has 0 amide bonds. The summed E-state index contributed by atoms with van der Waals surface area (Å²) in [5.74, 6) is 0. The van der Waals surface area contributed by atoms with E-state index in [0.29, 0.717) is 0 Å². The van der Waals surface area contributed by atoms with E-state index in [-0.39, 0.29) is 0 Å². The first-order valence-electron chi connectivity index (χ1n) is 6.32. The van der Waals surface area contributed by atoms with Crippen molar-refractivity contribution < 1.29 is 0 Å². The quantitative estimate of drug-likeness (QED) is 0.687. The van der Waals surface area contributed by atoms with Gasteiger partial charge in [0.15, 0.2) is 0 Å². The number of thiophene rings is 1. The highest BCUT2D eigenvalue weighted by atomic mass is 35.5. The Bertz CT molecular complexity index is 307. The van der Waals surface area contributed by atoms with Crippen molar-refractivity contribution in [2.45, 2.75) is 51.0 Å². The van der Waals surface area contributed by atoms with E-state index in [1.807, 2.05) is 6.07 Å². The lowest BCUT2D eigenvalue weighted by Crippen LogP contribution is -2.17. The molecular formula is C13H20ClNS. The summed E-state index contributed by atoms with van der Waals surface area (Å²) in [6, 6.07) is 5.02. The third kappa shape index (κ3) is 4.86. The second-order valence-electron chi connectivity index (χ2n) is 4.60. The van der Waals surface area contributed by atoms with Gasteiger partial charge in [-0.05, 0) is 50.8 Å². The number of aryl methyl sites for hydroxylation is 1. The number of halogens is 1. The first-order chi connectivity index (χ1) is 7.84. The van der Waals surface area contributed by atoms with Crippen LogP contribution in [0, 0.1) is 0 Å². The Morgan fingerprint density at radius 3 is 2.69 bits per heavy atom. The maximum absolute atomic E-state index is 5.89. The first-order valence-corrected chi connectivity index (χ1v) is 7.51. The number of unbranched alkanes of at least 4 members (excludes halogenated alkanes) is 3. The van der Waals surface area contributed by atoms with Crippen LogP contribution < -0.4 is 5.32 Å². The van der Waals surface area contributed by atoms with Crippen LogP contribution in [0.5, 0.6) is 0 Å². The third-order valence-corrected chi connectivity index (χ3v) is 4.28. The second-order valence-corrected chi connectivity index (χ2v) is 6.40. The largest absolute Gasteiger partial charge is 0.314 e. The monoisotopic (exact) mass is 257 g/mol. The van der Waals surface area contributed by atoms with Crippen molar-refractivity contribution in [3.63, 3.8) is 0 Å². The maximum atomic E-state index is 5.89. The molecule has 0 spiro atoms. The van der Waals surface area contributed by atoms with E-state index in [4.69, 9.17) is 11.6 Å². The summed E-state index contributed by atoms with van der Waals surface area (Å²) < 4.78 is 0.920. The summed E-state index contributed by atoms with van der Waals surface area (Å²) in [6.45, 7) is 1.22. The zero-order valence-electron chi connectivity index (χ0n) is 9.68. The Morgan fingerprint density at radius 1 is 1.19 bits per heavy atom. The minimum absolute atomic E-state index is 0.869. The molecule has 0 bridgehead atoms. The van der Waals surface area contributed by atoms with Crippen LogP contribution in [0.1, 0.15) is 43.4 Å². The highest BCUT2D eigenvalue weighted by Crippen LogP contribution is 2.23. The number of hydrogen-bond donors (Lipinski definition) is 1. The number of hydrogen-bond acceptors (Lipinski definition) is 2. The predicted molar refractivity (Wildman–Crippen MR) is 72.5 cm³/mol. The van der Waals surface area contributed by atoms with E-state index in [1.165, 1.54) is 56.4 Å². The molecule has 1 fully saturated rings. The van der Waals surface area contributed by atoms with Gasteiger partial charge in [0.2, 0.25) is 0 Å². The van der Waals surface area contributed by atoms with Crippen LogP contribution in [0.4, 0.5) is 0 Å². The molecule has 0 atom stereocenters. The van der Waals surface area contributed by atoms with Crippen LogP contribution in [0.25, 0.3) is 0 Å². The normalized spacial score (nSPS) is 15.6. The van der Waals surface area contributed by atoms with Gasteiger partial charge in [0.05, 0.1) is 4.34 Å². The lowest BCUT2D eigenvalue weighted by atomic mass is 10.1. The van der Waals surface area contributed by atoms with Crippen LogP contribution in [0.15, 0.2) is 12.1 Å². The summed E-state index contributed by atoms with van der Waals surface area (Å²) in [5.41, 5.74) is 0. The highest BCUT2D eigenvalue weighted by molar-refractivity contribution is 7.16. The molecule has 0 radical (unpaired) electrons. The smallest absolute Gasteiger partial charge is 0.0931 e. The Morgan fingerprint density at radius 2 is 2.00 bits per heavy atom. The van der Waals surface area contributed by atoms with Gasteiger partial charge in [0.1, 0.15) is 0 Å². The van der Waals surface area contributed by atoms with Gasteiger partial charge < -0.3 is 5.32 Å². The molecule has 1 aromatic heterocycles. The van der Waals surface area contributed by atoms with Crippen LogP contribution in [0.3, 0.4) is 0 Å². The Hall–Kier alpha value is -0.0500. The van der Waals surface area contributed by atoms with Crippen molar-refractivity contribution in [2.75, 3.05) is 6.54 Å². The maximum Gasteiger partial charge on any atom is 0.0931 e. The standard InChI is InChI=1S/C13H20ClNS/c14-13-9-8-12(16-13)5-3-1-2-4-10-15-11-6-7-11/h8-9,11,15H,1-7,10H2. The lowest BCUT2D eigenvalue weighted by Gasteiger charge is -2.02. The summed E-state index contributed by atoms with van der Waals surface area (Å²) >= 11 is 7.61. The second kappa shape index (κ2) is 6.63. The molecule has 3 heteroatoms. The average Bonchev–Trinajstić information content (AvgIpc) is 3.00. The van der Waals surface area contributed by atoms with E-state index in [9.17, 15) is 0 Å². The summed E-state index contributed by atoms with van der Waals surface area (Å²) in [5, 5.41) is 3.55. The van der Waals surface area contributed by atoms with Gasteiger partial charge in [-0.2, -0.15) is 0 Å². The summed E-state index contributed by atoms with van der Waals surface area (Å²) in [7, 11) is 0. The third-order valence-electron chi connectivity index (χ3n) is 2.99.